The van der Waals surface area contributed by atoms with E-state index in [0.717, 1.165) is 22.9 Å². The first-order valence-electron chi connectivity index (χ1n) is 8.09. The van der Waals surface area contributed by atoms with Crippen LogP contribution in [0.5, 0.6) is 5.75 Å². The van der Waals surface area contributed by atoms with E-state index in [1.165, 1.54) is 18.4 Å². The van der Waals surface area contributed by atoms with E-state index in [9.17, 15) is 4.79 Å². The van der Waals surface area contributed by atoms with Crippen LogP contribution in [0.3, 0.4) is 0 Å². The largest absolute Gasteiger partial charge is 0.486 e. The van der Waals surface area contributed by atoms with E-state index in [2.05, 4.69) is 4.98 Å². The molecular weight excluding hydrogens is 340 g/mol. The van der Waals surface area contributed by atoms with Crippen molar-refractivity contribution in [2.45, 2.75) is 19.6 Å². The molecule has 136 valence electrons. The van der Waals surface area contributed by atoms with E-state index >= 15 is 0 Å². The number of methoxy groups -OCH3 is 2. The highest BCUT2D eigenvalue weighted by molar-refractivity contribution is 7.09. The molecule has 2 aromatic rings. The van der Waals surface area contributed by atoms with Crippen molar-refractivity contribution in [2.24, 2.45) is 0 Å². The Kier molecular flexibility index (Phi) is 8.38. The topological polar surface area (TPSA) is 60.9 Å². The monoisotopic (exact) mass is 364 g/mol. The Bertz CT molecular complexity index is 633. The number of aromatic nitrogens is 1. The van der Waals surface area contributed by atoms with Crippen LogP contribution in [0.2, 0.25) is 0 Å². The van der Waals surface area contributed by atoms with Crippen molar-refractivity contribution in [2.75, 3.05) is 34.0 Å². The number of hydrogen-bond acceptors (Lipinski definition) is 6. The van der Waals surface area contributed by atoms with Crippen molar-refractivity contribution < 1.29 is 19.0 Å². The molecule has 1 amide bonds. The zero-order valence-electron chi connectivity index (χ0n) is 14.6. The van der Waals surface area contributed by atoms with Crippen molar-refractivity contribution in [3.05, 3.63) is 46.4 Å². The van der Waals surface area contributed by atoms with Gasteiger partial charge in [-0.05, 0) is 18.6 Å². The maximum absolute atomic E-state index is 12.2. The van der Waals surface area contributed by atoms with Gasteiger partial charge in [0.05, 0.1) is 12.2 Å². The fourth-order valence-electron chi connectivity index (χ4n) is 2.25. The smallest absolute Gasteiger partial charge is 0.248 e. The molecule has 0 unspecified atom stereocenters. The number of ether oxygens (including phenoxy) is 3. The molecule has 7 heteroatoms. The molecule has 25 heavy (non-hydrogen) atoms. The summed E-state index contributed by atoms with van der Waals surface area (Å²) in [6.45, 7) is 2.19. The van der Waals surface area contributed by atoms with Gasteiger partial charge < -0.3 is 19.1 Å². The van der Waals surface area contributed by atoms with Crippen molar-refractivity contribution in [3.8, 4) is 5.75 Å². The number of nitrogens with zero attached hydrogens (tertiary/aromatic N) is 2. The third-order valence-corrected chi connectivity index (χ3v) is 4.33. The van der Waals surface area contributed by atoms with Gasteiger partial charge in [-0.1, -0.05) is 18.2 Å². The molecule has 0 fully saturated rings. The predicted molar refractivity (Wildman–Crippen MR) is 96.7 cm³/mol. The van der Waals surface area contributed by atoms with E-state index in [1.807, 2.05) is 35.7 Å². The minimum absolute atomic E-state index is 0.0475. The fourth-order valence-corrected chi connectivity index (χ4v) is 2.95. The Hall–Kier alpha value is -1.96. The van der Waals surface area contributed by atoms with Crippen LogP contribution in [0, 0.1) is 0 Å². The van der Waals surface area contributed by atoms with E-state index in [1.54, 1.807) is 12.0 Å². The number of carbonyl (C=O) groups excluding carboxylic acids is 1. The van der Waals surface area contributed by atoms with E-state index in [0.29, 0.717) is 26.3 Å². The number of rotatable bonds is 11. The summed E-state index contributed by atoms with van der Waals surface area (Å²) >= 11 is 1.53. The van der Waals surface area contributed by atoms with Crippen molar-refractivity contribution in [3.63, 3.8) is 0 Å². The highest BCUT2D eigenvalue weighted by Crippen LogP contribution is 2.16. The minimum atomic E-state index is -0.0475. The van der Waals surface area contributed by atoms with Crippen LogP contribution in [0.1, 0.15) is 17.1 Å². The number of carbonyl (C=O) groups is 1. The summed E-state index contributed by atoms with van der Waals surface area (Å²) in [7, 11) is 3.17. The maximum atomic E-state index is 12.2. The number of thiazole rings is 1. The third-order valence-electron chi connectivity index (χ3n) is 3.45. The standard InChI is InChI=1S/C18H24N2O4S/c1-22-10-6-9-20(18(21)13-23-2)11-15-14-25-17(19-15)12-24-16-7-4-3-5-8-16/h3-5,7-8,14H,6,9-13H2,1-2H3. The summed E-state index contributed by atoms with van der Waals surface area (Å²) in [6.07, 6.45) is 0.778. The van der Waals surface area contributed by atoms with Crippen molar-refractivity contribution in [1.29, 1.82) is 0 Å². The normalized spacial score (nSPS) is 10.6. The molecule has 0 aliphatic heterocycles. The lowest BCUT2D eigenvalue weighted by Gasteiger charge is -2.21. The average Bonchev–Trinajstić information content (AvgIpc) is 3.08. The number of para-hydroxylation sites is 1. The van der Waals surface area contributed by atoms with Gasteiger partial charge in [0.2, 0.25) is 5.91 Å². The highest BCUT2D eigenvalue weighted by Gasteiger charge is 2.15. The number of hydrogen-bond donors (Lipinski definition) is 0. The van der Waals surface area contributed by atoms with Gasteiger partial charge in [0, 0.05) is 32.8 Å². The second-order valence-electron chi connectivity index (χ2n) is 5.43. The van der Waals surface area contributed by atoms with Crippen molar-refractivity contribution in [1.82, 2.24) is 9.88 Å². The maximum Gasteiger partial charge on any atom is 0.248 e. The summed E-state index contributed by atoms with van der Waals surface area (Å²) in [5.41, 5.74) is 0.860. The molecule has 1 aromatic carbocycles. The molecule has 1 aromatic heterocycles. The SMILES string of the molecule is COCCCN(Cc1csc(COc2ccccc2)n1)C(=O)COC. The second-order valence-corrected chi connectivity index (χ2v) is 6.37. The van der Waals surface area contributed by atoms with Crippen LogP contribution in [-0.4, -0.2) is 49.8 Å². The molecule has 0 N–H and O–H groups in total. The Morgan fingerprint density at radius 2 is 2.00 bits per heavy atom. The fraction of sp³-hybridized carbons (Fsp3) is 0.444. The van der Waals surface area contributed by atoms with Crippen LogP contribution in [0.25, 0.3) is 0 Å². The van der Waals surface area contributed by atoms with Crippen LogP contribution in [0.4, 0.5) is 0 Å². The molecule has 0 radical (unpaired) electrons. The van der Waals surface area contributed by atoms with Crippen LogP contribution in [-0.2, 0) is 27.4 Å². The highest BCUT2D eigenvalue weighted by atomic mass is 32.1. The van der Waals surface area contributed by atoms with Gasteiger partial charge in [-0.15, -0.1) is 11.3 Å². The second kappa shape index (κ2) is 10.8. The van der Waals surface area contributed by atoms with Gasteiger partial charge in [0.1, 0.15) is 24.0 Å². The van der Waals surface area contributed by atoms with Gasteiger partial charge >= 0.3 is 0 Å². The summed E-state index contributed by atoms with van der Waals surface area (Å²) in [4.78, 5) is 18.5. The van der Waals surface area contributed by atoms with Gasteiger partial charge in [-0.2, -0.15) is 0 Å². The molecular formula is C18H24N2O4S. The molecule has 0 aliphatic carbocycles. The molecule has 2 rings (SSSR count). The Balaban J connectivity index is 1.90. The Labute approximate surface area is 152 Å². The Morgan fingerprint density at radius 1 is 1.20 bits per heavy atom. The third kappa shape index (κ3) is 6.81. The summed E-state index contributed by atoms with van der Waals surface area (Å²) in [5, 5.41) is 2.85. The van der Waals surface area contributed by atoms with Gasteiger partial charge in [-0.25, -0.2) is 4.98 Å². The number of benzene rings is 1. The predicted octanol–water partition coefficient (Wildman–Crippen LogP) is 2.73. The quantitative estimate of drug-likeness (QED) is 0.574. The summed E-state index contributed by atoms with van der Waals surface area (Å²) in [6, 6.07) is 9.64. The number of amides is 1. The lowest BCUT2D eigenvalue weighted by Crippen LogP contribution is -2.34. The molecule has 0 atom stereocenters. The van der Waals surface area contributed by atoms with Crippen LogP contribution < -0.4 is 4.74 Å². The molecule has 6 nitrogen and oxygen atoms in total. The van der Waals surface area contributed by atoms with Gasteiger partial charge in [-0.3, -0.25) is 4.79 Å². The van der Waals surface area contributed by atoms with Crippen LogP contribution >= 0.6 is 11.3 Å². The first-order chi connectivity index (χ1) is 12.2. The zero-order chi connectivity index (χ0) is 17.9. The summed E-state index contributed by atoms with van der Waals surface area (Å²) in [5.74, 6) is 0.768. The minimum Gasteiger partial charge on any atom is -0.486 e. The average molecular weight is 364 g/mol. The molecule has 0 saturated heterocycles. The Morgan fingerprint density at radius 3 is 2.72 bits per heavy atom. The van der Waals surface area contributed by atoms with E-state index in [4.69, 9.17) is 14.2 Å². The first kappa shape index (κ1) is 19.4. The zero-order valence-corrected chi connectivity index (χ0v) is 15.5. The van der Waals surface area contributed by atoms with E-state index < -0.39 is 0 Å². The van der Waals surface area contributed by atoms with Crippen molar-refractivity contribution >= 4 is 17.2 Å². The lowest BCUT2D eigenvalue weighted by molar-refractivity contribution is -0.136. The van der Waals surface area contributed by atoms with Gasteiger partial charge in [0.25, 0.3) is 0 Å². The molecule has 0 aliphatic rings. The molecule has 1 heterocycles. The van der Waals surface area contributed by atoms with Crippen LogP contribution in [0.15, 0.2) is 35.7 Å². The molecule has 0 saturated carbocycles. The lowest BCUT2D eigenvalue weighted by atomic mass is 10.3. The molecule has 0 spiro atoms. The van der Waals surface area contributed by atoms with Gasteiger partial charge in [0.15, 0.2) is 0 Å². The first-order valence-corrected chi connectivity index (χ1v) is 8.97. The molecule has 0 bridgehead atoms. The van der Waals surface area contributed by atoms with E-state index in [-0.39, 0.29) is 12.5 Å². The summed E-state index contributed by atoms with van der Waals surface area (Å²) < 4.78 is 15.7.